The lowest BCUT2D eigenvalue weighted by atomic mass is 10.2. The standard InChI is InChI=1S/C17H22F3N5OS/c1-9-6-14(17(18,19)20)23-16(22-9)27-8-15(26)21-7-10(2)25-13(5)11(3)12(4)24-25/h6,10H,7-8H2,1-5H3,(H,21,26). The zero-order valence-electron chi connectivity index (χ0n) is 15.8. The maximum atomic E-state index is 12.8. The fourth-order valence-corrected chi connectivity index (χ4v) is 3.19. The number of nitrogens with one attached hydrogen (secondary N) is 1. The largest absolute Gasteiger partial charge is 0.433 e. The van der Waals surface area contributed by atoms with Crippen molar-refractivity contribution in [3.63, 3.8) is 0 Å². The Bertz CT molecular complexity index is 835. The van der Waals surface area contributed by atoms with Crippen molar-refractivity contribution in [2.75, 3.05) is 12.3 Å². The summed E-state index contributed by atoms with van der Waals surface area (Å²) in [5.74, 6) is -0.368. The Hall–Kier alpha value is -2.10. The first kappa shape index (κ1) is 21.2. The molecule has 0 aliphatic carbocycles. The Morgan fingerprint density at radius 1 is 1.26 bits per heavy atom. The molecule has 2 rings (SSSR count). The van der Waals surface area contributed by atoms with Crippen LogP contribution >= 0.6 is 11.8 Å². The molecule has 1 unspecified atom stereocenters. The number of thioether (sulfide) groups is 1. The van der Waals surface area contributed by atoms with Crippen molar-refractivity contribution in [3.05, 3.63) is 34.4 Å². The van der Waals surface area contributed by atoms with E-state index in [0.29, 0.717) is 6.54 Å². The monoisotopic (exact) mass is 401 g/mol. The van der Waals surface area contributed by atoms with Crippen molar-refractivity contribution < 1.29 is 18.0 Å². The van der Waals surface area contributed by atoms with E-state index in [2.05, 4.69) is 20.4 Å². The van der Waals surface area contributed by atoms with Crippen LogP contribution in [0.5, 0.6) is 0 Å². The van der Waals surface area contributed by atoms with E-state index in [1.807, 2.05) is 32.4 Å². The average molecular weight is 401 g/mol. The van der Waals surface area contributed by atoms with Crippen LogP contribution in [0, 0.1) is 27.7 Å². The van der Waals surface area contributed by atoms with Gasteiger partial charge < -0.3 is 5.32 Å². The molecule has 2 aromatic rings. The molecule has 2 aromatic heterocycles. The lowest BCUT2D eigenvalue weighted by Crippen LogP contribution is -2.31. The molecule has 0 radical (unpaired) electrons. The van der Waals surface area contributed by atoms with Gasteiger partial charge in [-0.2, -0.15) is 18.3 Å². The van der Waals surface area contributed by atoms with Crippen molar-refractivity contribution in [1.82, 2.24) is 25.1 Å². The molecule has 2 heterocycles. The lowest BCUT2D eigenvalue weighted by molar-refractivity contribution is -0.141. The Labute approximate surface area is 160 Å². The van der Waals surface area contributed by atoms with Crippen molar-refractivity contribution in [2.45, 2.75) is 52.0 Å². The maximum Gasteiger partial charge on any atom is 0.433 e. The van der Waals surface area contributed by atoms with Crippen LogP contribution in [0.25, 0.3) is 0 Å². The molecular formula is C17H22F3N5OS. The molecule has 27 heavy (non-hydrogen) atoms. The minimum absolute atomic E-state index is 0.0431. The Morgan fingerprint density at radius 3 is 2.48 bits per heavy atom. The second-order valence-corrected chi connectivity index (χ2v) is 7.30. The number of alkyl halides is 3. The number of halogens is 3. The number of carbonyl (C=O) groups excluding carboxylic acids is 1. The number of hydrogen-bond acceptors (Lipinski definition) is 5. The Morgan fingerprint density at radius 2 is 1.93 bits per heavy atom. The van der Waals surface area contributed by atoms with Gasteiger partial charge in [-0.3, -0.25) is 9.48 Å². The molecule has 0 saturated carbocycles. The summed E-state index contributed by atoms with van der Waals surface area (Å²) < 4.78 is 40.2. The van der Waals surface area contributed by atoms with Crippen LogP contribution < -0.4 is 5.32 Å². The van der Waals surface area contributed by atoms with E-state index in [4.69, 9.17) is 0 Å². The highest BCUT2D eigenvalue weighted by Crippen LogP contribution is 2.29. The van der Waals surface area contributed by atoms with Gasteiger partial charge in [0.1, 0.15) is 5.69 Å². The summed E-state index contributed by atoms with van der Waals surface area (Å²) >= 11 is 0.873. The molecule has 0 aliphatic heterocycles. The minimum atomic E-state index is -4.54. The lowest BCUT2D eigenvalue weighted by Gasteiger charge is -2.15. The third-order valence-corrected chi connectivity index (χ3v) is 5.00. The van der Waals surface area contributed by atoms with Gasteiger partial charge in [0.15, 0.2) is 5.16 Å². The highest BCUT2D eigenvalue weighted by Gasteiger charge is 2.33. The van der Waals surface area contributed by atoms with Crippen LogP contribution in [0.4, 0.5) is 13.2 Å². The van der Waals surface area contributed by atoms with E-state index in [-0.39, 0.29) is 28.6 Å². The first-order chi connectivity index (χ1) is 12.5. The van der Waals surface area contributed by atoms with Gasteiger partial charge in [-0.15, -0.1) is 0 Å². The SMILES string of the molecule is Cc1cc(C(F)(F)F)nc(SCC(=O)NCC(C)n2nc(C)c(C)c2C)n1. The van der Waals surface area contributed by atoms with Gasteiger partial charge in [0.25, 0.3) is 0 Å². The van der Waals surface area contributed by atoms with Crippen molar-refractivity contribution in [2.24, 2.45) is 0 Å². The van der Waals surface area contributed by atoms with Gasteiger partial charge in [0, 0.05) is 17.9 Å². The number of hydrogen-bond donors (Lipinski definition) is 1. The van der Waals surface area contributed by atoms with Gasteiger partial charge in [0.05, 0.1) is 17.5 Å². The van der Waals surface area contributed by atoms with Crippen LogP contribution in [0.3, 0.4) is 0 Å². The van der Waals surface area contributed by atoms with Crippen LogP contribution in [0.2, 0.25) is 0 Å². The van der Waals surface area contributed by atoms with Gasteiger partial charge in [-0.05, 0) is 46.2 Å². The van der Waals surface area contributed by atoms with Crippen molar-refractivity contribution in [1.29, 1.82) is 0 Å². The molecule has 0 fully saturated rings. The average Bonchev–Trinajstić information content (AvgIpc) is 2.84. The fraction of sp³-hybridized carbons (Fsp3) is 0.529. The first-order valence-electron chi connectivity index (χ1n) is 8.33. The summed E-state index contributed by atoms with van der Waals surface area (Å²) in [6, 6.07) is 0.834. The molecule has 1 N–H and O–H groups in total. The summed E-state index contributed by atoms with van der Waals surface area (Å²) in [6.45, 7) is 9.65. The van der Waals surface area contributed by atoms with Gasteiger partial charge >= 0.3 is 6.18 Å². The van der Waals surface area contributed by atoms with Crippen molar-refractivity contribution in [3.8, 4) is 0 Å². The van der Waals surface area contributed by atoms with Gasteiger partial charge in [0.2, 0.25) is 5.91 Å². The Balaban J connectivity index is 1.91. The zero-order chi connectivity index (χ0) is 20.4. The second kappa shape index (κ2) is 8.28. The number of rotatable bonds is 6. The summed E-state index contributed by atoms with van der Waals surface area (Å²) in [4.78, 5) is 19.5. The molecular weight excluding hydrogens is 379 g/mol. The van der Waals surface area contributed by atoms with E-state index < -0.39 is 11.9 Å². The first-order valence-corrected chi connectivity index (χ1v) is 9.32. The topological polar surface area (TPSA) is 72.7 Å². The summed E-state index contributed by atoms with van der Waals surface area (Å²) in [7, 11) is 0. The van der Waals surface area contributed by atoms with Crippen LogP contribution in [-0.2, 0) is 11.0 Å². The van der Waals surface area contributed by atoms with Crippen molar-refractivity contribution >= 4 is 17.7 Å². The quantitative estimate of drug-likeness (QED) is 0.593. The third-order valence-electron chi connectivity index (χ3n) is 4.16. The maximum absolute atomic E-state index is 12.8. The van der Waals surface area contributed by atoms with E-state index in [1.54, 1.807) is 0 Å². The van der Waals surface area contributed by atoms with Crippen LogP contribution in [0.15, 0.2) is 11.2 Å². The van der Waals surface area contributed by atoms with Crippen LogP contribution in [-0.4, -0.2) is 38.0 Å². The number of nitrogens with zero attached hydrogens (tertiary/aromatic N) is 4. The third kappa shape index (κ3) is 5.44. The summed E-state index contributed by atoms with van der Waals surface area (Å²) in [5.41, 5.74) is 2.29. The van der Waals surface area contributed by atoms with E-state index >= 15 is 0 Å². The normalized spacial score (nSPS) is 12.9. The molecule has 0 bridgehead atoms. The smallest absolute Gasteiger partial charge is 0.353 e. The molecule has 10 heteroatoms. The minimum Gasteiger partial charge on any atom is -0.353 e. The highest BCUT2D eigenvalue weighted by molar-refractivity contribution is 7.99. The number of amides is 1. The predicted octanol–water partition coefficient (Wildman–Crippen LogP) is 3.40. The van der Waals surface area contributed by atoms with E-state index in [0.717, 1.165) is 34.8 Å². The molecule has 1 amide bonds. The highest BCUT2D eigenvalue weighted by atomic mass is 32.2. The van der Waals surface area contributed by atoms with Crippen LogP contribution in [0.1, 0.15) is 41.3 Å². The summed E-state index contributed by atoms with van der Waals surface area (Å²) in [5, 5.41) is 7.16. The van der Waals surface area contributed by atoms with Gasteiger partial charge in [-0.1, -0.05) is 11.8 Å². The fourth-order valence-electron chi connectivity index (χ4n) is 2.45. The predicted molar refractivity (Wildman–Crippen MR) is 96.7 cm³/mol. The number of aryl methyl sites for hydroxylation is 2. The molecule has 0 saturated heterocycles. The van der Waals surface area contributed by atoms with E-state index in [9.17, 15) is 18.0 Å². The van der Waals surface area contributed by atoms with E-state index in [1.165, 1.54) is 6.92 Å². The Kier molecular flexibility index (Phi) is 6.50. The van der Waals surface area contributed by atoms with Gasteiger partial charge in [-0.25, -0.2) is 9.97 Å². The summed E-state index contributed by atoms with van der Waals surface area (Å²) in [6.07, 6.45) is -4.54. The molecule has 0 spiro atoms. The molecule has 1 atom stereocenters. The molecule has 6 nitrogen and oxygen atoms in total. The molecule has 0 aromatic carbocycles. The number of aromatic nitrogens is 4. The second-order valence-electron chi connectivity index (χ2n) is 6.36. The molecule has 148 valence electrons. The molecule has 0 aliphatic rings. The zero-order valence-corrected chi connectivity index (χ0v) is 16.6. The number of carbonyl (C=O) groups is 1.